The van der Waals surface area contributed by atoms with Gasteiger partial charge in [-0.05, 0) is 92.1 Å². The molecule has 1 aliphatic carbocycles. The third-order valence-electron chi connectivity index (χ3n) is 6.96. The van der Waals surface area contributed by atoms with Crippen molar-refractivity contribution in [2.75, 3.05) is 13.1 Å². The molecule has 1 unspecified atom stereocenters. The number of hydrogen-bond donors (Lipinski definition) is 0. The van der Waals surface area contributed by atoms with Gasteiger partial charge < -0.3 is 4.90 Å². The van der Waals surface area contributed by atoms with Crippen LogP contribution in [0.15, 0.2) is 29.6 Å². The van der Waals surface area contributed by atoms with E-state index in [1.165, 1.54) is 28.0 Å². The van der Waals surface area contributed by atoms with Crippen molar-refractivity contribution >= 4 is 23.0 Å². The summed E-state index contributed by atoms with van der Waals surface area (Å²) in [5, 5.41) is 1.95. The minimum atomic E-state index is 0.00467. The smallest absolute Gasteiger partial charge is 0.263 e. The molecular weight excluding hydrogens is 390 g/mol. The second-order valence-electron chi connectivity index (χ2n) is 8.90. The number of carbonyl (C=O) groups is 2. The maximum atomic E-state index is 13.3. The largest absolute Gasteiger partial charge is 0.338 e. The molecule has 3 nitrogen and oxygen atoms in total. The van der Waals surface area contributed by atoms with Crippen LogP contribution in [0.25, 0.3) is 0 Å². The summed E-state index contributed by atoms with van der Waals surface area (Å²) in [5.41, 5.74) is 4.67. The van der Waals surface area contributed by atoms with Crippen molar-refractivity contribution < 1.29 is 9.59 Å². The van der Waals surface area contributed by atoms with Crippen molar-refractivity contribution in [1.82, 2.24) is 4.90 Å². The van der Waals surface area contributed by atoms with E-state index in [-0.39, 0.29) is 17.2 Å². The van der Waals surface area contributed by atoms with E-state index in [0.717, 1.165) is 49.2 Å². The van der Waals surface area contributed by atoms with Crippen LogP contribution in [0.1, 0.15) is 76.9 Å². The summed E-state index contributed by atoms with van der Waals surface area (Å²) in [5.74, 6) is 6.61. The van der Waals surface area contributed by atoms with Crippen LogP contribution in [0.4, 0.5) is 0 Å². The lowest BCUT2D eigenvalue weighted by atomic mass is 9.63. The van der Waals surface area contributed by atoms with Gasteiger partial charge in [0.05, 0.1) is 4.88 Å². The molecule has 1 spiro atoms. The van der Waals surface area contributed by atoms with Crippen LogP contribution in [-0.4, -0.2) is 29.7 Å². The molecule has 1 saturated carbocycles. The highest BCUT2D eigenvalue weighted by Gasteiger charge is 2.43. The number of likely N-dealkylation sites (tertiary alicyclic amines) is 1. The minimum Gasteiger partial charge on any atom is -0.338 e. The van der Waals surface area contributed by atoms with Gasteiger partial charge in [-0.25, -0.2) is 0 Å². The number of carbonyl (C=O) groups excluding carboxylic acids is 2. The fourth-order valence-electron chi connectivity index (χ4n) is 5.41. The zero-order valence-electron chi connectivity index (χ0n) is 18.1. The Kier molecular flexibility index (Phi) is 5.84. The number of amides is 1. The van der Waals surface area contributed by atoms with E-state index in [1.807, 2.05) is 29.3 Å². The van der Waals surface area contributed by atoms with E-state index in [1.54, 1.807) is 0 Å². The number of rotatable bonds is 2. The standard InChI is InChI=1S/C26H29NO2S/c1-4-6-20-15-18(2)24(19(3)16-20)21-8-9-26(17-22(21)28)10-12-27(13-11-26)25(29)23-7-5-14-30-23/h5,7,14-16,21H,8-13,17H2,1-3H3. The molecule has 1 aromatic heterocycles. The quantitative estimate of drug-likeness (QED) is 0.603. The molecule has 4 rings (SSSR count). The van der Waals surface area contributed by atoms with Gasteiger partial charge in [0.2, 0.25) is 0 Å². The number of piperidine rings is 1. The van der Waals surface area contributed by atoms with Crippen molar-refractivity contribution in [3.8, 4) is 11.8 Å². The second kappa shape index (κ2) is 8.40. The lowest BCUT2D eigenvalue weighted by Crippen LogP contribution is -2.46. The molecule has 1 amide bonds. The van der Waals surface area contributed by atoms with Gasteiger partial charge in [0.25, 0.3) is 5.91 Å². The maximum absolute atomic E-state index is 13.3. The molecule has 30 heavy (non-hydrogen) atoms. The number of aryl methyl sites for hydroxylation is 2. The van der Waals surface area contributed by atoms with Crippen LogP contribution in [0.5, 0.6) is 0 Å². The van der Waals surface area contributed by atoms with Crippen molar-refractivity contribution in [1.29, 1.82) is 0 Å². The Balaban J connectivity index is 1.45. The monoisotopic (exact) mass is 419 g/mol. The second-order valence-corrected chi connectivity index (χ2v) is 9.85. The van der Waals surface area contributed by atoms with Gasteiger partial charge >= 0.3 is 0 Å². The van der Waals surface area contributed by atoms with E-state index in [4.69, 9.17) is 0 Å². The summed E-state index contributed by atoms with van der Waals surface area (Å²) >= 11 is 1.50. The first-order chi connectivity index (χ1) is 14.4. The molecule has 1 saturated heterocycles. The Morgan fingerprint density at radius 1 is 1.17 bits per heavy atom. The summed E-state index contributed by atoms with van der Waals surface area (Å²) in [7, 11) is 0. The summed E-state index contributed by atoms with van der Waals surface area (Å²) < 4.78 is 0. The SMILES string of the molecule is CC#Cc1cc(C)c(C2CCC3(CCN(C(=O)c4cccs4)CC3)CC2=O)c(C)c1. The molecule has 1 atom stereocenters. The third kappa shape index (κ3) is 3.96. The Morgan fingerprint density at radius 2 is 1.87 bits per heavy atom. The number of hydrogen-bond acceptors (Lipinski definition) is 3. The molecule has 2 aromatic rings. The Hall–Kier alpha value is -2.38. The molecule has 1 aromatic carbocycles. The fourth-order valence-corrected chi connectivity index (χ4v) is 6.10. The highest BCUT2D eigenvalue weighted by molar-refractivity contribution is 7.12. The first-order valence-corrected chi connectivity index (χ1v) is 11.7. The molecule has 2 aliphatic rings. The van der Waals surface area contributed by atoms with E-state index >= 15 is 0 Å². The van der Waals surface area contributed by atoms with Gasteiger partial charge in [-0.1, -0.05) is 12.0 Å². The fraction of sp³-hybridized carbons (Fsp3) is 0.462. The topological polar surface area (TPSA) is 37.4 Å². The van der Waals surface area contributed by atoms with E-state index < -0.39 is 0 Å². The zero-order valence-corrected chi connectivity index (χ0v) is 18.9. The van der Waals surface area contributed by atoms with Crippen LogP contribution in [0, 0.1) is 31.1 Å². The lowest BCUT2D eigenvalue weighted by Gasteiger charge is -2.45. The molecule has 0 bridgehead atoms. The number of benzene rings is 1. The average molecular weight is 420 g/mol. The average Bonchev–Trinajstić information content (AvgIpc) is 3.24. The Bertz CT molecular complexity index is 994. The van der Waals surface area contributed by atoms with Gasteiger partial charge in [-0.15, -0.1) is 17.3 Å². The van der Waals surface area contributed by atoms with Gasteiger partial charge in [0.15, 0.2) is 0 Å². The molecule has 156 valence electrons. The predicted molar refractivity (Wildman–Crippen MR) is 122 cm³/mol. The molecule has 1 aliphatic heterocycles. The highest BCUT2D eigenvalue weighted by Crippen LogP contribution is 2.48. The molecular formula is C26H29NO2S. The Morgan fingerprint density at radius 3 is 2.43 bits per heavy atom. The summed E-state index contributed by atoms with van der Waals surface area (Å²) in [6.45, 7) is 7.58. The van der Waals surface area contributed by atoms with Gasteiger partial charge in [-0.2, -0.15) is 0 Å². The van der Waals surface area contributed by atoms with E-state index in [2.05, 4.69) is 37.8 Å². The normalized spacial score (nSPS) is 20.7. The van der Waals surface area contributed by atoms with Crippen molar-refractivity contribution in [3.05, 3.63) is 56.8 Å². The molecule has 0 N–H and O–H groups in total. The Labute approximate surface area is 183 Å². The van der Waals surface area contributed by atoms with Gasteiger partial charge in [-0.3, -0.25) is 9.59 Å². The molecule has 4 heteroatoms. The van der Waals surface area contributed by atoms with Crippen molar-refractivity contribution in [2.24, 2.45) is 5.41 Å². The predicted octanol–water partition coefficient (Wildman–Crippen LogP) is 5.50. The van der Waals surface area contributed by atoms with Gasteiger partial charge in [0, 0.05) is 31.0 Å². The summed E-state index contributed by atoms with van der Waals surface area (Å²) in [4.78, 5) is 28.7. The van der Waals surface area contributed by atoms with Crippen LogP contribution in [0.3, 0.4) is 0 Å². The summed E-state index contributed by atoms with van der Waals surface area (Å²) in [6, 6.07) is 8.05. The van der Waals surface area contributed by atoms with Crippen LogP contribution < -0.4 is 0 Å². The lowest BCUT2D eigenvalue weighted by molar-refractivity contribution is -0.126. The van der Waals surface area contributed by atoms with E-state index in [0.29, 0.717) is 12.2 Å². The third-order valence-corrected chi connectivity index (χ3v) is 7.81. The number of thiophene rings is 1. The van der Waals surface area contributed by atoms with Crippen LogP contribution in [-0.2, 0) is 4.79 Å². The first-order valence-electron chi connectivity index (χ1n) is 10.8. The van der Waals surface area contributed by atoms with E-state index in [9.17, 15) is 9.59 Å². The maximum Gasteiger partial charge on any atom is 0.263 e. The molecule has 2 heterocycles. The van der Waals surface area contributed by atoms with Gasteiger partial charge in [0.1, 0.15) is 5.78 Å². The number of nitrogens with zero attached hydrogens (tertiary/aromatic N) is 1. The molecule has 0 radical (unpaired) electrons. The van der Waals surface area contributed by atoms with Crippen LogP contribution in [0.2, 0.25) is 0 Å². The number of Topliss-reactive ketones (excluding diaryl/α,β-unsaturated/α-hetero) is 1. The van der Waals surface area contributed by atoms with Crippen molar-refractivity contribution in [3.63, 3.8) is 0 Å². The number of ketones is 1. The molecule has 2 fully saturated rings. The zero-order chi connectivity index (χ0) is 21.3. The summed E-state index contributed by atoms with van der Waals surface area (Å²) in [6.07, 6.45) is 4.50. The highest BCUT2D eigenvalue weighted by atomic mass is 32.1. The van der Waals surface area contributed by atoms with Crippen molar-refractivity contribution in [2.45, 2.75) is 58.8 Å². The first kappa shape index (κ1) is 20.9. The van der Waals surface area contributed by atoms with Crippen LogP contribution >= 0.6 is 11.3 Å². The minimum absolute atomic E-state index is 0.00467.